The molecule has 1 aromatic carbocycles. The van der Waals surface area contributed by atoms with Crippen molar-refractivity contribution in [1.29, 1.82) is 0 Å². The summed E-state index contributed by atoms with van der Waals surface area (Å²) in [6.45, 7) is 0.890. The minimum atomic E-state index is -3.99. The first kappa shape index (κ1) is 18.6. The van der Waals surface area contributed by atoms with Crippen LogP contribution in [0.4, 0.5) is 4.79 Å². The van der Waals surface area contributed by atoms with Crippen LogP contribution in [-0.2, 0) is 20.0 Å². The zero-order chi connectivity index (χ0) is 18.0. The van der Waals surface area contributed by atoms with Crippen LogP contribution in [0.2, 0.25) is 0 Å². The number of piperidine rings is 1. The summed E-state index contributed by atoms with van der Waals surface area (Å²) in [4.78, 5) is 11.7. The molecule has 0 aliphatic carbocycles. The first-order chi connectivity index (χ1) is 11.1. The van der Waals surface area contributed by atoms with E-state index in [1.165, 1.54) is 23.1 Å². The number of sulfonamides is 2. The quantitative estimate of drug-likeness (QED) is 0.658. The van der Waals surface area contributed by atoms with Crippen LogP contribution >= 0.6 is 0 Å². The Hall–Kier alpha value is -1.69. The average molecular weight is 377 g/mol. The second-order valence-corrected chi connectivity index (χ2v) is 8.91. The topological polar surface area (TPSA) is 147 Å². The van der Waals surface area contributed by atoms with Crippen molar-refractivity contribution in [3.8, 4) is 0 Å². The Balaban J connectivity index is 2.01. The van der Waals surface area contributed by atoms with Crippen LogP contribution in [0.3, 0.4) is 0 Å². The van der Waals surface area contributed by atoms with Crippen molar-refractivity contribution < 1.29 is 26.7 Å². The molecule has 0 spiro atoms. The maximum absolute atomic E-state index is 12.3. The summed E-state index contributed by atoms with van der Waals surface area (Å²) < 4.78 is 49.6. The number of likely N-dealkylation sites (tertiary alicyclic amines) is 1. The van der Waals surface area contributed by atoms with E-state index < -0.39 is 26.1 Å². The van der Waals surface area contributed by atoms with E-state index in [-0.39, 0.29) is 22.3 Å². The molecule has 9 nitrogen and oxygen atoms in total. The van der Waals surface area contributed by atoms with Crippen LogP contribution < -0.4 is 9.86 Å². The third-order valence-electron chi connectivity index (χ3n) is 3.89. The summed E-state index contributed by atoms with van der Waals surface area (Å²) in [7, 11) is -7.86. The van der Waals surface area contributed by atoms with Crippen LogP contribution in [0.15, 0.2) is 34.1 Å². The number of amides is 1. The molecule has 4 N–H and O–H groups in total. The minimum absolute atomic E-state index is 0.0248. The molecule has 1 aliphatic heterocycles. The molecule has 1 fully saturated rings. The Morgan fingerprint density at radius 1 is 1.21 bits per heavy atom. The Bertz CT molecular complexity index is 814. The Labute approximate surface area is 140 Å². The van der Waals surface area contributed by atoms with E-state index in [0.29, 0.717) is 25.9 Å². The fourth-order valence-corrected chi connectivity index (χ4v) is 4.25. The van der Waals surface area contributed by atoms with Crippen molar-refractivity contribution in [1.82, 2.24) is 9.62 Å². The van der Waals surface area contributed by atoms with Gasteiger partial charge in [0.25, 0.3) is 0 Å². The van der Waals surface area contributed by atoms with E-state index in [1.54, 1.807) is 0 Å². The highest BCUT2D eigenvalue weighted by molar-refractivity contribution is 7.90. The van der Waals surface area contributed by atoms with Crippen molar-refractivity contribution >= 4 is 26.1 Å². The number of nitrogens with zero attached hydrogens (tertiary/aromatic N) is 1. The third-order valence-corrected chi connectivity index (χ3v) is 6.22. The number of nitrogens with one attached hydrogen (secondary N) is 1. The van der Waals surface area contributed by atoms with Crippen molar-refractivity contribution in [2.45, 2.75) is 22.6 Å². The molecule has 1 heterocycles. The predicted molar refractivity (Wildman–Crippen MR) is 85.3 cm³/mol. The molecule has 0 bridgehead atoms. The van der Waals surface area contributed by atoms with E-state index >= 15 is 0 Å². The molecular weight excluding hydrogens is 358 g/mol. The lowest BCUT2D eigenvalue weighted by atomic mass is 9.97. The van der Waals surface area contributed by atoms with Crippen LogP contribution in [0.5, 0.6) is 0 Å². The highest BCUT2D eigenvalue weighted by Gasteiger charge is 2.24. The van der Waals surface area contributed by atoms with Gasteiger partial charge in [-0.1, -0.05) is 6.07 Å². The smallest absolute Gasteiger partial charge is 0.407 e. The maximum atomic E-state index is 12.3. The molecule has 1 aromatic rings. The maximum Gasteiger partial charge on any atom is 0.407 e. The summed E-state index contributed by atoms with van der Waals surface area (Å²) in [5.41, 5.74) is 0. The van der Waals surface area contributed by atoms with Crippen molar-refractivity contribution in [2.24, 2.45) is 11.1 Å². The Kier molecular flexibility index (Phi) is 5.48. The van der Waals surface area contributed by atoms with Gasteiger partial charge in [-0.15, -0.1) is 0 Å². The van der Waals surface area contributed by atoms with E-state index in [2.05, 4.69) is 4.72 Å². The summed E-state index contributed by atoms with van der Waals surface area (Å²) in [6.07, 6.45) is 0.145. The molecule has 0 unspecified atom stereocenters. The van der Waals surface area contributed by atoms with Gasteiger partial charge in [-0.3, -0.25) is 0 Å². The third kappa shape index (κ3) is 4.66. The fourth-order valence-electron chi connectivity index (χ4n) is 2.46. The van der Waals surface area contributed by atoms with Crippen LogP contribution in [0.25, 0.3) is 0 Å². The first-order valence-electron chi connectivity index (χ1n) is 7.20. The number of hydrogen-bond acceptors (Lipinski definition) is 5. The highest BCUT2D eigenvalue weighted by Crippen LogP contribution is 2.18. The molecule has 24 heavy (non-hydrogen) atoms. The molecule has 11 heteroatoms. The molecule has 0 saturated carbocycles. The van der Waals surface area contributed by atoms with Crippen LogP contribution in [0.1, 0.15) is 12.8 Å². The molecule has 0 aromatic heterocycles. The highest BCUT2D eigenvalue weighted by atomic mass is 32.2. The van der Waals surface area contributed by atoms with Gasteiger partial charge in [0.05, 0.1) is 9.79 Å². The number of primary sulfonamides is 1. The molecule has 1 saturated heterocycles. The summed E-state index contributed by atoms with van der Waals surface area (Å²) in [6, 6.07) is 4.81. The van der Waals surface area contributed by atoms with Gasteiger partial charge in [0.1, 0.15) is 0 Å². The zero-order valence-corrected chi connectivity index (χ0v) is 14.4. The van der Waals surface area contributed by atoms with Gasteiger partial charge in [-0.05, 0) is 37.0 Å². The summed E-state index contributed by atoms with van der Waals surface area (Å²) >= 11 is 0. The molecular formula is C13H19N3O6S2. The molecule has 2 rings (SSSR count). The molecule has 134 valence electrons. The molecule has 1 aliphatic rings. The minimum Gasteiger partial charge on any atom is -0.465 e. The number of carboxylic acid groups (broad SMARTS) is 1. The van der Waals surface area contributed by atoms with Gasteiger partial charge >= 0.3 is 6.09 Å². The number of benzene rings is 1. The molecule has 0 radical (unpaired) electrons. The lowest BCUT2D eigenvalue weighted by Gasteiger charge is -2.29. The molecule has 1 amide bonds. The zero-order valence-electron chi connectivity index (χ0n) is 12.8. The van der Waals surface area contributed by atoms with Crippen molar-refractivity contribution in [2.75, 3.05) is 19.6 Å². The largest absolute Gasteiger partial charge is 0.465 e. The van der Waals surface area contributed by atoms with Crippen molar-refractivity contribution in [3.63, 3.8) is 0 Å². The monoisotopic (exact) mass is 377 g/mol. The van der Waals surface area contributed by atoms with Crippen LogP contribution in [0, 0.1) is 5.92 Å². The standard InChI is InChI=1S/C13H19N3O6S2/c14-23(19,20)11-2-1-3-12(8-11)24(21,22)15-9-10-4-6-16(7-5-10)13(17)18/h1-3,8,10,15H,4-7,9H2,(H,17,18)(H2,14,19,20). The van der Waals surface area contributed by atoms with Gasteiger partial charge in [0.15, 0.2) is 0 Å². The van der Waals surface area contributed by atoms with E-state index in [0.717, 1.165) is 6.07 Å². The SMILES string of the molecule is NS(=O)(=O)c1cccc(S(=O)(=O)NCC2CCN(C(=O)O)CC2)c1. The number of carbonyl (C=O) groups is 1. The van der Waals surface area contributed by atoms with Crippen molar-refractivity contribution in [3.05, 3.63) is 24.3 Å². The van der Waals surface area contributed by atoms with Gasteiger partial charge in [0.2, 0.25) is 20.0 Å². The van der Waals surface area contributed by atoms with Crippen LogP contribution in [-0.4, -0.2) is 52.6 Å². The Morgan fingerprint density at radius 2 is 1.79 bits per heavy atom. The van der Waals surface area contributed by atoms with E-state index in [4.69, 9.17) is 10.2 Å². The summed E-state index contributed by atoms with van der Waals surface area (Å²) in [5, 5.41) is 13.9. The molecule has 0 atom stereocenters. The number of hydrogen-bond donors (Lipinski definition) is 3. The predicted octanol–water partition coefficient (Wildman–Crippen LogP) is 0.00230. The number of rotatable bonds is 5. The Morgan fingerprint density at radius 3 is 2.33 bits per heavy atom. The van der Waals surface area contributed by atoms with Gasteiger partial charge < -0.3 is 10.0 Å². The second-order valence-electron chi connectivity index (χ2n) is 5.58. The summed E-state index contributed by atoms with van der Waals surface area (Å²) in [5.74, 6) is 0.0248. The van der Waals surface area contributed by atoms with Gasteiger partial charge in [0, 0.05) is 19.6 Å². The lowest BCUT2D eigenvalue weighted by molar-refractivity contribution is 0.125. The normalized spacial score (nSPS) is 17.0. The van der Waals surface area contributed by atoms with Gasteiger partial charge in [-0.2, -0.15) is 0 Å². The second kappa shape index (κ2) is 7.05. The average Bonchev–Trinajstić information content (AvgIpc) is 2.53. The lowest BCUT2D eigenvalue weighted by Crippen LogP contribution is -2.40. The van der Waals surface area contributed by atoms with E-state index in [1.807, 2.05) is 0 Å². The number of nitrogens with two attached hydrogens (primary N) is 1. The first-order valence-corrected chi connectivity index (χ1v) is 10.2. The van der Waals surface area contributed by atoms with E-state index in [9.17, 15) is 21.6 Å². The van der Waals surface area contributed by atoms with Gasteiger partial charge in [-0.25, -0.2) is 31.5 Å². The fraction of sp³-hybridized carbons (Fsp3) is 0.462.